The van der Waals surface area contributed by atoms with E-state index in [0.717, 1.165) is 24.0 Å². The minimum Gasteiger partial charge on any atom is -0.335 e. The molecule has 128 valence electrons. The van der Waals surface area contributed by atoms with Crippen molar-refractivity contribution in [3.63, 3.8) is 0 Å². The van der Waals surface area contributed by atoms with E-state index in [0.29, 0.717) is 0 Å². The molecular formula is C17H17F2NO3S. The van der Waals surface area contributed by atoms with Gasteiger partial charge in [-0.15, -0.1) is 0 Å². The van der Waals surface area contributed by atoms with E-state index in [1.807, 2.05) is 0 Å². The Morgan fingerprint density at radius 1 is 1.04 bits per heavy atom. The van der Waals surface area contributed by atoms with Gasteiger partial charge in [-0.3, -0.25) is 4.79 Å². The molecule has 0 radical (unpaired) electrons. The highest BCUT2D eigenvalue weighted by Gasteiger charge is 2.20. The molecule has 2 rings (SSSR count). The van der Waals surface area contributed by atoms with Gasteiger partial charge in [-0.2, -0.15) is 0 Å². The number of hydrogen-bond donors (Lipinski definition) is 0. The van der Waals surface area contributed by atoms with Gasteiger partial charge >= 0.3 is 0 Å². The van der Waals surface area contributed by atoms with E-state index >= 15 is 0 Å². The predicted molar refractivity (Wildman–Crippen MR) is 86.4 cm³/mol. The number of hydrogen-bond acceptors (Lipinski definition) is 3. The maximum Gasteiger partial charge on any atom is 0.254 e. The summed E-state index contributed by atoms with van der Waals surface area (Å²) >= 11 is 0. The fourth-order valence-corrected chi connectivity index (χ4v) is 2.86. The molecular weight excluding hydrogens is 336 g/mol. The Morgan fingerprint density at radius 2 is 1.62 bits per heavy atom. The van der Waals surface area contributed by atoms with Crippen molar-refractivity contribution in [2.75, 3.05) is 13.3 Å². The fraction of sp³-hybridized carbons (Fsp3) is 0.235. The number of amides is 1. The van der Waals surface area contributed by atoms with E-state index in [2.05, 4.69) is 0 Å². The van der Waals surface area contributed by atoms with E-state index in [9.17, 15) is 22.0 Å². The second-order valence-corrected chi connectivity index (χ2v) is 7.58. The average Bonchev–Trinajstić information content (AvgIpc) is 2.54. The largest absolute Gasteiger partial charge is 0.335 e. The SMILES string of the molecule is C[C@H](c1ccc(S(C)(=O)=O)cc1)N(C)C(=O)c1ccc(F)c(F)c1. The van der Waals surface area contributed by atoms with Crippen LogP contribution in [0.2, 0.25) is 0 Å². The lowest BCUT2D eigenvalue weighted by molar-refractivity contribution is 0.0742. The average molecular weight is 353 g/mol. The standard InChI is InChI=1S/C17H17F2NO3S/c1-11(12-4-7-14(8-5-12)24(3,22)23)20(2)17(21)13-6-9-15(18)16(19)10-13/h4-11H,1-3H3/t11-/m1/s1. The lowest BCUT2D eigenvalue weighted by atomic mass is 10.1. The minimum absolute atomic E-state index is 0.0380. The van der Waals surface area contributed by atoms with Crippen LogP contribution < -0.4 is 0 Å². The third kappa shape index (κ3) is 3.79. The molecule has 2 aromatic carbocycles. The molecule has 7 heteroatoms. The number of benzene rings is 2. The maximum atomic E-state index is 13.3. The molecule has 0 saturated heterocycles. The summed E-state index contributed by atoms with van der Waals surface area (Å²) in [6.07, 6.45) is 1.12. The third-order valence-electron chi connectivity index (χ3n) is 3.86. The van der Waals surface area contributed by atoms with E-state index in [-0.39, 0.29) is 16.5 Å². The van der Waals surface area contributed by atoms with Crippen molar-refractivity contribution in [3.05, 3.63) is 65.2 Å². The van der Waals surface area contributed by atoms with E-state index in [4.69, 9.17) is 0 Å². The summed E-state index contributed by atoms with van der Waals surface area (Å²) in [6.45, 7) is 1.76. The molecule has 0 spiro atoms. The Morgan fingerprint density at radius 3 is 2.12 bits per heavy atom. The summed E-state index contributed by atoms with van der Waals surface area (Å²) in [4.78, 5) is 14.0. The van der Waals surface area contributed by atoms with Crippen molar-refractivity contribution in [3.8, 4) is 0 Å². The lowest BCUT2D eigenvalue weighted by Crippen LogP contribution is -2.29. The van der Waals surface area contributed by atoms with Gasteiger partial charge in [0.15, 0.2) is 21.5 Å². The van der Waals surface area contributed by atoms with Crippen molar-refractivity contribution in [2.24, 2.45) is 0 Å². The molecule has 0 aliphatic rings. The fourth-order valence-electron chi connectivity index (χ4n) is 2.23. The molecule has 0 saturated carbocycles. The smallest absolute Gasteiger partial charge is 0.254 e. The topological polar surface area (TPSA) is 54.5 Å². The van der Waals surface area contributed by atoms with Gasteiger partial charge in [-0.1, -0.05) is 12.1 Å². The highest BCUT2D eigenvalue weighted by molar-refractivity contribution is 7.90. The molecule has 0 aliphatic heterocycles. The number of halogens is 2. The molecule has 1 amide bonds. The number of sulfone groups is 1. The number of rotatable bonds is 4. The Labute approximate surface area is 139 Å². The van der Waals surface area contributed by atoms with Crippen LogP contribution in [0.3, 0.4) is 0 Å². The molecule has 0 aliphatic carbocycles. The van der Waals surface area contributed by atoms with Gasteiger partial charge in [-0.25, -0.2) is 17.2 Å². The van der Waals surface area contributed by atoms with Crippen LogP contribution in [0.15, 0.2) is 47.4 Å². The predicted octanol–water partition coefficient (Wildman–Crippen LogP) is 3.20. The van der Waals surface area contributed by atoms with E-state index in [1.54, 1.807) is 26.1 Å². The summed E-state index contributed by atoms with van der Waals surface area (Å²) in [6, 6.07) is 8.78. The summed E-state index contributed by atoms with van der Waals surface area (Å²) in [7, 11) is -1.75. The molecule has 0 unspecified atom stereocenters. The van der Waals surface area contributed by atoms with Crippen molar-refractivity contribution >= 4 is 15.7 Å². The van der Waals surface area contributed by atoms with Crippen molar-refractivity contribution in [2.45, 2.75) is 17.9 Å². The van der Waals surface area contributed by atoms with Crippen LogP contribution in [0, 0.1) is 11.6 Å². The first kappa shape index (κ1) is 18.1. The zero-order valence-corrected chi connectivity index (χ0v) is 14.3. The van der Waals surface area contributed by atoms with Crippen LogP contribution in [-0.4, -0.2) is 32.5 Å². The summed E-state index contributed by atoms with van der Waals surface area (Å²) in [5.74, 6) is -2.56. The first-order valence-corrected chi connectivity index (χ1v) is 9.02. The normalized spacial score (nSPS) is 12.7. The summed E-state index contributed by atoms with van der Waals surface area (Å²) < 4.78 is 49.2. The third-order valence-corrected chi connectivity index (χ3v) is 4.99. The lowest BCUT2D eigenvalue weighted by Gasteiger charge is -2.25. The Bertz CT molecular complexity index is 864. The maximum absolute atomic E-state index is 13.3. The van der Waals surface area contributed by atoms with Crippen LogP contribution in [0.4, 0.5) is 8.78 Å². The monoisotopic (exact) mass is 353 g/mol. The molecule has 24 heavy (non-hydrogen) atoms. The van der Waals surface area contributed by atoms with E-state index < -0.39 is 27.4 Å². The highest BCUT2D eigenvalue weighted by Crippen LogP contribution is 2.23. The molecule has 1 atom stereocenters. The summed E-state index contributed by atoms with van der Waals surface area (Å²) in [5, 5.41) is 0. The molecule has 0 aromatic heterocycles. The van der Waals surface area contributed by atoms with Crippen LogP contribution in [-0.2, 0) is 9.84 Å². The molecule has 4 nitrogen and oxygen atoms in total. The van der Waals surface area contributed by atoms with Gasteiger partial charge in [0.25, 0.3) is 5.91 Å². The Hall–Kier alpha value is -2.28. The molecule has 2 aromatic rings. The van der Waals surface area contributed by atoms with Gasteiger partial charge in [0.2, 0.25) is 0 Å². The second-order valence-electron chi connectivity index (χ2n) is 5.56. The molecule has 0 heterocycles. The molecule has 0 bridgehead atoms. The van der Waals surface area contributed by atoms with Crippen molar-refractivity contribution in [1.82, 2.24) is 4.90 Å². The van der Waals surface area contributed by atoms with Gasteiger partial charge in [0.1, 0.15) is 0 Å². The minimum atomic E-state index is -3.29. The van der Waals surface area contributed by atoms with Crippen molar-refractivity contribution < 1.29 is 22.0 Å². The molecule has 0 N–H and O–H groups in total. The number of carbonyl (C=O) groups is 1. The zero-order valence-electron chi connectivity index (χ0n) is 13.5. The van der Waals surface area contributed by atoms with Gasteiger partial charge < -0.3 is 4.90 Å². The zero-order chi connectivity index (χ0) is 18.1. The molecule has 0 fully saturated rings. The number of carbonyl (C=O) groups excluding carboxylic acids is 1. The first-order chi connectivity index (χ1) is 11.1. The Balaban J connectivity index is 2.23. The summed E-state index contributed by atoms with van der Waals surface area (Å²) in [5.41, 5.74) is 0.761. The quantitative estimate of drug-likeness (QED) is 0.848. The highest BCUT2D eigenvalue weighted by atomic mass is 32.2. The van der Waals surface area contributed by atoms with Crippen LogP contribution in [0.1, 0.15) is 28.9 Å². The number of nitrogens with zero attached hydrogens (tertiary/aromatic N) is 1. The Kier molecular flexibility index (Phi) is 5.03. The second kappa shape index (κ2) is 6.68. The van der Waals surface area contributed by atoms with E-state index in [1.165, 1.54) is 23.1 Å². The van der Waals surface area contributed by atoms with Crippen LogP contribution >= 0.6 is 0 Å². The van der Waals surface area contributed by atoms with Crippen LogP contribution in [0.5, 0.6) is 0 Å². The van der Waals surface area contributed by atoms with Crippen molar-refractivity contribution in [1.29, 1.82) is 0 Å². The van der Waals surface area contributed by atoms with Gasteiger partial charge in [0, 0.05) is 18.9 Å². The first-order valence-electron chi connectivity index (χ1n) is 7.13. The van der Waals surface area contributed by atoms with Gasteiger partial charge in [-0.05, 0) is 42.8 Å². The van der Waals surface area contributed by atoms with Crippen LogP contribution in [0.25, 0.3) is 0 Å². The van der Waals surface area contributed by atoms with Gasteiger partial charge in [0.05, 0.1) is 10.9 Å².